The second-order valence-electron chi connectivity index (χ2n) is 11.1. The van der Waals surface area contributed by atoms with Crippen molar-refractivity contribution in [1.82, 2.24) is 19.4 Å². The second kappa shape index (κ2) is 11.7. The van der Waals surface area contributed by atoms with E-state index in [-0.39, 0.29) is 36.1 Å². The molecule has 1 aromatic carbocycles. The Balaban J connectivity index is 1.70. The van der Waals surface area contributed by atoms with Crippen LogP contribution in [-0.2, 0) is 24.8 Å². The molecule has 2 N–H and O–H groups in total. The van der Waals surface area contributed by atoms with E-state index < -0.39 is 0 Å². The third-order valence-corrected chi connectivity index (χ3v) is 7.20. The van der Waals surface area contributed by atoms with E-state index >= 15 is 0 Å². The van der Waals surface area contributed by atoms with Gasteiger partial charge in [0.1, 0.15) is 12.3 Å². The van der Waals surface area contributed by atoms with E-state index in [1.165, 1.54) is 9.20 Å². The van der Waals surface area contributed by atoms with Crippen molar-refractivity contribution < 1.29 is 19.4 Å². The van der Waals surface area contributed by atoms with Crippen LogP contribution in [0.4, 0.5) is 0 Å². The predicted octanol–water partition coefficient (Wildman–Crippen LogP) is 4.40. The van der Waals surface area contributed by atoms with Gasteiger partial charge >= 0.3 is 0 Å². The highest BCUT2D eigenvalue weighted by Gasteiger charge is 2.25. The lowest BCUT2D eigenvalue weighted by atomic mass is 9.85. The van der Waals surface area contributed by atoms with Crippen LogP contribution in [0.15, 0.2) is 18.2 Å². The molecule has 0 fully saturated rings. The van der Waals surface area contributed by atoms with E-state index in [0.29, 0.717) is 35.9 Å². The van der Waals surface area contributed by atoms with E-state index in [0.717, 1.165) is 55.2 Å². The summed E-state index contributed by atoms with van der Waals surface area (Å²) in [5.74, 6) is 1.03. The Morgan fingerprint density at radius 3 is 2.47 bits per heavy atom. The van der Waals surface area contributed by atoms with Crippen LogP contribution in [0, 0.1) is 5.41 Å². The molecule has 2 heterocycles. The minimum Gasteiger partial charge on any atom is -0.493 e. The van der Waals surface area contributed by atoms with Gasteiger partial charge in [-0.05, 0) is 67.7 Å². The number of aryl methyl sites for hydroxylation is 1. The fraction of sp³-hybridized carbons (Fsp3) is 0.586. The first-order valence-corrected chi connectivity index (χ1v) is 13.8. The summed E-state index contributed by atoms with van der Waals surface area (Å²) in [6.07, 6.45) is 6.22. The lowest BCUT2D eigenvalue weighted by Gasteiger charge is -2.22. The number of aliphatic hydroxyl groups excluding tert-OH is 1. The molecule has 206 valence electrons. The first-order chi connectivity index (χ1) is 18.2. The summed E-state index contributed by atoms with van der Waals surface area (Å²) in [6.45, 7) is 10.8. The molecule has 9 nitrogen and oxygen atoms in total. The number of benzene rings is 1. The monoisotopic (exact) mass is 523 g/mol. The number of carbonyl (C=O) groups is 1. The van der Waals surface area contributed by atoms with Crippen LogP contribution in [0.3, 0.4) is 0 Å². The topological polar surface area (TPSA) is 115 Å². The molecule has 2 aromatic heterocycles. The van der Waals surface area contributed by atoms with Crippen molar-refractivity contribution in [1.29, 1.82) is 5.41 Å². The summed E-state index contributed by atoms with van der Waals surface area (Å²) in [5.41, 5.74) is 4.13. The van der Waals surface area contributed by atoms with Gasteiger partial charge in [-0.25, -0.2) is 4.68 Å². The average molecular weight is 524 g/mol. The highest BCUT2D eigenvalue weighted by molar-refractivity contribution is 5.96. The number of ether oxygens (including phenoxy) is 2. The van der Waals surface area contributed by atoms with Crippen LogP contribution in [0.1, 0.15) is 93.8 Å². The number of fused-ring (bicyclic) bond motifs is 3. The third-order valence-electron chi connectivity index (χ3n) is 7.20. The van der Waals surface area contributed by atoms with Gasteiger partial charge in [0, 0.05) is 29.7 Å². The number of carbonyl (C=O) groups excluding carboxylic acids is 1. The zero-order valence-corrected chi connectivity index (χ0v) is 23.3. The van der Waals surface area contributed by atoms with E-state index in [4.69, 9.17) is 30.2 Å². The zero-order chi connectivity index (χ0) is 27.4. The van der Waals surface area contributed by atoms with E-state index in [2.05, 4.69) is 34.6 Å². The van der Waals surface area contributed by atoms with Crippen LogP contribution >= 0.6 is 0 Å². The largest absolute Gasteiger partial charge is 0.493 e. The molecule has 0 amide bonds. The van der Waals surface area contributed by atoms with Gasteiger partial charge in [-0.1, -0.05) is 34.6 Å². The van der Waals surface area contributed by atoms with Crippen LogP contribution in [-0.4, -0.2) is 49.6 Å². The first-order valence-electron chi connectivity index (χ1n) is 13.8. The van der Waals surface area contributed by atoms with E-state index in [1.807, 2.05) is 12.1 Å². The maximum Gasteiger partial charge on any atom is 0.242 e. The van der Waals surface area contributed by atoms with Crippen molar-refractivity contribution in [2.24, 2.45) is 0 Å². The van der Waals surface area contributed by atoms with Gasteiger partial charge in [0.15, 0.2) is 11.4 Å². The van der Waals surface area contributed by atoms with Crippen LogP contribution in [0.5, 0.6) is 11.6 Å². The molecule has 4 rings (SSSR count). The van der Waals surface area contributed by atoms with Gasteiger partial charge in [0.25, 0.3) is 0 Å². The Bertz CT molecular complexity index is 1350. The molecule has 38 heavy (non-hydrogen) atoms. The Morgan fingerprint density at radius 1 is 1.11 bits per heavy atom. The smallest absolute Gasteiger partial charge is 0.242 e. The molecule has 0 unspecified atom stereocenters. The van der Waals surface area contributed by atoms with Crippen molar-refractivity contribution in [3.8, 4) is 11.6 Å². The number of ketones is 1. The highest BCUT2D eigenvalue weighted by Crippen LogP contribution is 2.31. The SMILES string of the molecule is CCC(CC)Oc1nn2c(=N)n(CC(=O)c3cc(OCCCO)cc(C(C)(C)C)c3)nc2c2c1CCCC2. The molecule has 0 aliphatic heterocycles. The minimum atomic E-state index is -0.184. The predicted molar refractivity (Wildman–Crippen MR) is 145 cm³/mol. The van der Waals surface area contributed by atoms with Crippen molar-refractivity contribution in [2.45, 2.75) is 97.6 Å². The summed E-state index contributed by atoms with van der Waals surface area (Å²) >= 11 is 0. The molecule has 1 aliphatic rings. The molecule has 3 aromatic rings. The standard InChI is InChI=1S/C29H41N5O4/c1-6-21(7-2)38-27-24-12-9-8-11-23(24)26-31-33(28(30)34(26)32-27)18-25(36)19-15-20(29(3,4)5)17-22(16-19)37-14-10-13-35/h15-17,21,30,35H,6-14,18H2,1-5H3. The van der Waals surface area contributed by atoms with E-state index in [1.54, 1.807) is 6.07 Å². The van der Waals surface area contributed by atoms with Gasteiger partial charge in [-0.2, -0.15) is 4.52 Å². The van der Waals surface area contributed by atoms with Crippen molar-refractivity contribution in [3.05, 3.63) is 46.1 Å². The quantitative estimate of drug-likeness (QED) is 0.284. The lowest BCUT2D eigenvalue weighted by molar-refractivity contribution is 0.0964. The highest BCUT2D eigenvalue weighted by atomic mass is 16.5. The van der Waals surface area contributed by atoms with Gasteiger partial charge in [-0.15, -0.1) is 10.2 Å². The van der Waals surface area contributed by atoms with Gasteiger partial charge in [0.05, 0.1) is 12.7 Å². The lowest BCUT2D eigenvalue weighted by Crippen LogP contribution is -2.27. The molecule has 0 atom stereocenters. The summed E-state index contributed by atoms with van der Waals surface area (Å²) in [6, 6.07) is 5.57. The number of nitrogens with zero attached hydrogens (tertiary/aromatic N) is 4. The molecule has 0 radical (unpaired) electrons. The number of hydrogen-bond acceptors (Lipinski definition) is 7. The Labute approximate surface area is 224 Å². The maximum atomic E-state index is 13.5. The maximum absolute atomic E-state index is 13.5. The molecule has 0 spiro atoms. The normalized spacial score (nSPS) is 13.7. The number of aromatic nitrogens is 4. The molecule has 0 saturated heterocycles. The third kappa shape index (κ3) is 5.93. The van der Waals surface area contributed by atoms with Crippen LogP contribution < -0.4 is 15.1 Å². The molecule has 9 heteroatoms. The Kier molecular flexibility index (Phi) is 8.55. The Morgan fingerprint density at radius 2 is 1.82 bits per heavy atom. The molecular formula is C29H41N5O4. The van der Waals surface area contributed by atoms with Crippen LogP contribution in [0.25, 0.3) is 5.65 Å². The fourth-order valence-electron chi connectivity index (χ4n) is 4.81. The number of nitrogens with one attached hydrogen (secondary N) is 1. The van der Waals surface area contributed by atoms with Crippen molar-refractivity contribution in [2.75, 3.05) is 13.2 Å². The zero-order valence-electron chi connectivity index (χ0n) is 23.3. The van der Waals surface area contributed by atoms with E-state index in [9.17, 15) is 4.79 Å². The number of Topliss-reactive ketones (excluding diaryl/α,β-unsaturated/α-hetero) is 1. The number of aliphatic hydroxyl groups is 1. The van der Waals surface area contributed by atoms with Crippen molar-refractivity contribution in [3.63, 3.8) is 0 Å². The fourth-order valence-corrected chi connectivity index (χ4v) is 4.81. The summed E-state index contributed by atoms with van der Waals surface area (Å²) < 4.78 is 15.0. The van der Waals surface area contributed by atoms with Crippen LogP contribution in [0.2, 0.25) is 0 Å². The number of hydrogen-bond donors (Lipinski definition) is 2. The van der Waals surface area contributed by atoms with Gasteiger partial charge in [-0.3, -0.25) is 10.2 Å². The molecule has 1 aliphatic carbocycles. The summed E-state index contributed by atoms with van der Waals surface area (Å²) in [7, 11) is 0. The minimum absolute atomic E-state index is 0.0440. The Hall–Kier alpha value is -3.20. The molecule has 0 saturated carbocycles. The number of rotatable bonds is 11. The van der Waals surface area contributed by atoms with Gasteiger partial charge < -0.3 is 14.6 Å². The average Bonchev–Trinajstić information content (AvgIpc) is 3.21. The van der Waals surface area contributed by atoms with Gasteiger partial charge in [0.2, 0.25) is 11.5 Å². The molecule has 0 bridgehead atoms. The second-order valence-corrected chi connectivity index (χ2v) is 11.1. The summed E-state index contributed by atoms with van der Waals surface area (Å²) in [5, 5.41) is 27.3. The first kappa shape index (κ1) is 27.8. The van der Waals surface area contributed by atoms with Crippen molar-refractivity contribution >= 4 is 11.4 Å². The summed E-state index contributed by atoms with van der Waals surface area (Å²) in [4.78, 5) is 13.5. The molecular weight excluding hydrogens is 482 g/mol.